The maximum Gasteiger partial charge on any atom is 0.124 e. The molecule has 1 fully saturated rings. The molecular weight excluding hydrogens is 325 g/mol. The average molecular weight is 345 g/mol. The molecule has 0 unspecified atom stereocenters. The maximum absolute atomic E-state index is 14.0. The SMILES string of the molecule is C/C(=N\O)c1ccc(Sc2cc(F)cc(C3CCOCC3)c2)cc1. The van der Waals surface area contributed by atoms with E-state index in [-0.39, 0.29) is 5.82 Å². The molecule has 1 aliphatic heterocycles. The summed E-state index contributed by atoms with van der Waals surface area (Å²) < 4.78 is 19.4. The van der Waals surface area contributed by atoms with E-state index in [2.05, 4.69) is 11.2 Å². The lowest BCUT2D eigenvalue weighted by molar-refractivity contribution is 0.0852. The highest BCUT2D eigenvalue weighted by Crippen LogP contribution is 2.34. The minimum absolute atomic E-state index is 0.193. The maximum atomic E-state index is 14.0. The average Bonchev–Trinajstić information content (AvgIpc) is 2.62. The van der Waals surface area contributed by atoms with Crippen LogP contribution in [-0.2, 0) is 4.74 Å². The summed E-state index contributed by atoms with van der Waals surface area (Å²) in [5.74, 6) is 0.181. The van der Waals surface area contributed by atoms with Gasteiger partial charge in [-0.25, -0.2) is 4.39 Å². The van der Waals surface area contributed by atoms with Crippen LogP contribution in [0.3, 0.4) is 0 Å². The molecule has 3 rings (SSSR count). The van der Waals surface area contributed by atoms with Crippen molar-refractivity contribution in [3.63, 3.8) is 0 Å². The van der Waals surface area contributed by atoms with Gasteiger partial charge in [-0.1, -0.05) is 29.1 Å². The third-order valence-electron chi connectivity index (χ3n) is 4.24. The van der Waals surface area contributed by atoms with E-state index in [1.807, 2.05) is 24.3 Å². The number of ether oxygens (including phenoxy) is 1. The highest BCUT2D eigenvalue weighted by atomic mass is 32.2. The van der Waals surface area contributed by atoms with Crippen molar-refractivity contribution in [1.82, 2.24) is 0 Å². The van der Waals surface area contributed by atoms with Crippen LogP contribution in [0.4, 0.5) is 4.39 Å². The van der Waals surface area contributed by atoms with Crippen molar-refractivity contribution < 1.29 is 14.3 Å². The molecule has 2 aromatic carbocycles. The van der Waals surface area contributed by atoms with E-state index in [9.17, 15) is 4.39 Å². The topological polar surface area (TPSA) is 41.8 Å². The van der Waals surface area contributed by atoms with Gasteiger partial charge in [-0.05, 0) is 67.1 Å². The summed E-state index contributed by atoms with van der Waals surface area (Å²) in [5.41, 5.74) is 2.49. The molecule has 0 spiro atoms. The Morgan fingerprint density at radius 2 is 1.83 bits per heavy atom. The molecule has 126 valence electrons. The van der Waals surface area contributed by atoms with E-state index < -0.39 is 0 Å². The number of rotatable bonds is 4. The van der Waals surface area contributed by atoms with Gasteiger partial charge in [0.25, 0.3) is 0 Å². The second-order valence-corrected chi connectivity index (χ2v) is 7.07. The number of hydrogen-bond donors (Lipinski definition) is 1. The van der Waals surface area contributed by atoms with Gasteiger partial charge in [-0.15, -0.1) is 0 Å². The summed E-state index contributed by atoms with van der Waals surface area (Å²) in [7, 11) is 0. The smallest absolute Gasteiger partial charge is 0.124 e. The molecule has 0 atom stereocenters. The van der Waals surface area contributed by atoms with Gasteiger partial charge in [-0.2, -0.15) is 0 Å². The number of nitrogens with zero attached hydrogens (tertiary/aromatic N) is 1. The zero-order valence-corrected chi connectivity index (χ0v) is 14.4. The van der Waals surface area contributed by atoms with Crippen LogP contribution < -0.4 is 0 Å². The Morgan fingerprint density at radius 1 is 1.12 bits per heavy atom. The summed E-state index contributed by atoms with van der Waals surface area (Å²) in [6, 6.07) is 13.0. The molecule has 0 aromatic heterocycles. The molecule has 1 N–H and O–H groups in total. The minimum atomic E-state index is -0.193. The summed E-state index contributed by atoms with van der Waals surface area (Å²) in [6.07, 6.45) is 1.89. The van der Waals surface area contributed by atoms with Gasteiger partial charge in [-0.3, -0.25) is 0 Å². The fourth-order valence-electron chi connectivity index (χ4n) is 2.87. The van der Waals surface area contributed by atoms with E-state index in [0.29, 0.717) is 11.6 Å². The van der Waals surface area contributed by atoms with Crippen LogP contribution in [0, 0.1) is 5.82 Å². The molecule has 5 heteroatoms. The van der Waals surface area contributed by atoms with Crippen LogP contribution in [0.5, 0.6) is 0 Å². The lowest BCUT2D eigenvalue weighted by Crippen LogP contribution is -2.14. The Labute approximate surface area is 145 Å². The van der Waals surface area contributed by atoms with Crippen molar-refractivity contribution >= 4 is 17.5 Å². The Hall–Kier alpha value is -1.85. The van der Waals surface area contributed by atoms with Crippen molar-refractivity contribution in [2.75, 3.05) is 13.2 Å². The first-order valence-electron chi connectivity index (χ1n) is 8.01. The molecule has 0 bridgehead atoms. The van der Waals surface area contributed by atoms with Gasteiger partial charge in [0.2, 0.25) is 0 Å². The first kappa shape index (κ1) is 17.0. The monoisotopic (exact) mass is 345 g/mol. The van der Waals surface area contributed by atoms with E-state index in [4.69, 9.17) is 9.94 Å². The normalized spacial score (nSPS) is 16.3. The lowest BCUT2D eigenvalue weighted by Gasteiger charge is -2.22. The molecule has 0 amide bonds. The van der Waals surface area contributed by atoms with Crippen molar-refractivity contribution in [2.24, 2.45) is 5.16 Å². The van der Waals surface area contributed by atoms with Gasteiger partial charge < -0.3 is 9.94 Å². The molecule has 1 heterocycles. The van der Waals surface area contributed by atoms with E-state index in [1.54, 1.807) is 19.1 Å². The van der Waals surface area contributed by atoms with E-state index in [0.717, 1.165) is 47.0 Å². The van der Waals surface area contributed by atoms with Gasteiger partial charge in [0.15, 0.2) is 0 Å². The predicted octanol–water partition coefficient (Wildman–Crippen LogP) is 5.07. The molecule has 1 saturated heterocycles. The molecule has 0 aliphatic carbocycles. The zero-order chi connectivity index (χ0) is 16.9. The van der Waals surface area contributed by atoms with Gasteiger partial charge in [0.05, 0.1) is 5.71 Å². The number of oxime groups is 1. The Balaban J connectivity index is 1.78. The fourth-order valence-corrected chi connectivity index (χ4v) is 3.78. The molecule has 1 aliphatic rings. The van der Waals surface area contributed by atoms with E-state index >= 15 is 0 Å². The van der Waals surface area contributed by atoms with Crippen LogP contribution in [0.2, 0.25) is 0 Å². The Morgan fingerprint density at radius 3 is 2.50 bits per heavy atom. The number of hydrogen-bond acceptors (Lipinski definition) is 4. The Kier molecular flexibility index (Phi) is 5.53. The largest absolute Gasteiger partial charge is 0.411 e. The van der Waals surface area contributed by atoms with Crippen molar-refractivity contribution in [3.05, 3.63) is 59.4 Å². The molecule has 2 aromatic rings. The second kappa shape index (κ2) is 7.81. The molecule has 0 radical (unpaired) electrons. The second-order valence-electron chi connectivity index (χ2n) is 5.92. The molecule has 0 saturated carbocycles. The zero-order valence-electron chi connectivity index (χ0n) is 13.5. The van der Waals surface area contributed by atoms with E-state index in [1.165, 1.54) is 11.8 Å². The van der Waals surface area contributed by atoms with Gasteiger partial charge >= 0.3 is 0 Å². The summed E-state index contributed by atoms with van der Waals surface area (Å²) >= 11 is 1.53. The molecule has 24 heavy (non-hydrogen) atoms. The van der Waals surface area contributed by atoms with Crippen LogP contribution in [0.1, 0.15) is 36.8 Å². The Bertz CT molecular complexity index is 725. The van der Waals surface area contributed by atoms with Crippen LogP contribution in [-0.4, -0.2) is 24.1 Å². The highest BCUT2D eigenvalue weighted by Gasteiger charge is 2.17. The molecule has 3 nitrogen and oxygen atoms in total. The first-order chi connectivity index (χ1) is 11.7. The summed E-state index contributed by atoms with van der Waals surface area (Å²) in [5, 5.41) is 12.0. The summed E-state index contributed by atoms with van der Waals surface area (Å²) in [4.78, 5) is 1.92. The quantitative estimate of drug-likeness (QED) is 0.478. The van der Waals surface area contributed by atoms with Crippen LogP contribution >= 0.6 is 11.8 Å². The third-order valence-corrected chi connectivity index (χ3v) is 5.22. The standard InChI is InChI=1S/C19H20FNO2S/c1-13(21-22)14-2-4-18(5-3-14)24-19-11-16(10-17(20)12-19)15-6-8-23-9-7-15/h2-5,10-12,15,22H,6-9H2,1H3/b21-13+. The van der Waals surface area contributed by atoms with Crippen LogP contribution in [0.25, 0.3) is 0 Å². The van der Waals surface area contributed by atoms with Crippen LogP contribution in [0.15, 0.2) is 57.4 Å². The summed E-state index contributed by atoms with van der Waals surface area (Å²) in [6.45, 7) is 3.24. The van der Waals surface area contributed by atoms with Gasteiger partial charge in [0, 0.05) is 23.0 Å². The van der Waals surface area contributed by atoms with Crippen molar-refractivity contribution in [1.29, 1.82) is 0 Å². The first-order valence-corrected chi connectivity index (χ1v) is 8.82. The minimum Gasteiger partial charge on any atom is -0.411 e. The number of halogens is 1. The predicted molar refractivity (Wildman–Crippen MR) is 93.8 cm³/mol. The number of benzene rings is 2. The van der Waals surface area contributed by atoms with Crippen molar-refractivity contribution in [2.45, 2.75) is 35.5 Å². The lowest BCUT2D eigenvalue weighted by atomic mass is 9.92. The highest BCUT2D eigenvalue weighted by molar-refractivity contribution is 7.99. The molecular formula is C19H20FNO2S. The van der Waals surface area contributed by atoms with Crippen molar-refractivity contribution in [3.8, 4) is 0 Å². The fraction of sp³-hybridized carbons (Fsp3) is 0.316. The third kappa shape index (κ3) is 4.16. The van der Waals surface area contributed by atoms with Gasteiger partial charge in [0.1, 0.15) is 5.82 Å².